The van der Waals surface area contributed by atoms with Gasteiger partial charge in [0.2, 0.25) is 0 Å². The second kappa shape index (κ2) is 5.42. The van der Waals surface area contributed by atoms with Crippen molar-refractivity contribution in [3.8, 4) is 0 Å². The van der Waals surface area contributed by atoms with Crippen LogP contribution in [-0.2, 0) is 30.2 Å². The summed E-state index contributed by atoms with van der Waals surface area (Å²) in [6.07, 6.45) is -3.85. The van der Waals surface area contributed by atoms with E-state index < -0.39 is 17.7 Å². The molecule has 0 radical (unpaired) electrons. The van der Waals surface area contributed by atoms with Gasteiger partial charge < -0.3 is 5.11 Å². The molecular formula is C13H15F3O2. The van der Waals surface area contributed by atoms with Gasteiger partial charge >= 0.3 is 12.1 Å². The van der Waals surface area contributed by atoms with E-state index in [1.807, 2.05) is 0 Å². The van der Waals surface area contributed by atoms with E-state index in [-0.39, 0.29) is 6.42 Å². The van der Waals surface area contributed by atoms with Gasteiger partial charge in [0.05, 0.1) is 12.0 Å². The number of hydrogen-bond acceptors (Lipinski definition) is 1. The first-order chi connectivity index (χ1) is 8.29. The summed E-state index contributed by atoms with van der Waals surface area (Å²) in [6, 6.07) is 2.11. The average Bonchev–Trinajstić information content (AvgIpc) is 2.26. The van der Waals surface area contributed by atoms with Crippen LogP contribution < -0.4 is 0 Å². The van der Waals surface area contributed by atoms with Crippen LogP contribution in [0, 0.1) is 0 Å². The van der Waals surface area contributed by atoms with Crippen molar-refractivity contribution in [2.45, 2.75) is 39.3 Å². The Hall–Kier alpha value is -1.52. The van der Waals surface area contributed by atoms with Gasteiger partial charge in [0, 0.05) is 0 Å². The maximum Gasteiger partial charge on any atom is 0.416 e. The van der Waals surface area contributed by atoms with Gasteiger partial charge in [0.1, 0.15) is 0 Å². The lowest BCUT2D eigenvalue weighted by Gasteiger charge is -2.16. The van der Waals surface area contributed by atoms with Crippen molar-refractivity contribution >= 4 is 5.97 Å². The second-order valence-corrected chi connectivity index (χ2v) is 4.05. The highest BCUT2D eigenvalue weighted by atomic mass is 19.4. The standard InChI is InChI=1S/C13H15F3O2/c1-3-8-5-10(13(14,15)16)6-9(4-2)11(8)7-12(17)18/h5-6H,3-4,7H2,1-2H3,(H,17,18). The molecule has 0 heterocycles. The topological polar surface area (TPSA) is 37.3 Å². The predicted molar refractivity (Wildman–Crippen MR) is 61.5 cm³/mol. The van der Waals surface area contributed by atoms with E-state index in [1.54, 1.807) is 13.8 Å². The molecule has 100 valence electrons. The molecule has 1 rings (SSSR count). The molecule has 0 saturated carbocycles. The molecule has 0 atom stereocenters. The molecule has 0 spiro atoms. The zero-order valence-corrected chi connectivity index (χ0v) is 10.3. The number of benzene rings is 1. The summed E-state index contributed by atoms with van der Waals surface area (Å²) in [7, 11) is 0. The second-order valence-electron chi connectivity index (χ2n) is 4.05. The molecule has 0 aromatic heterocycles. The Labute approximate surface area is 103 Å². The molecule has 0 aliphatic rings. The Bertz CT molecular complexity index is 425. The van der Waals surface area contributed by atoms with Crippen molar-refractivity contribution in [2.24, 2.45) is 0 Å². The Morgan fingerprint density at radius 3 is 1.89 bits per heavy atom. The number of aliphatic carboxylic acids is 1. The lowest BCUT2D eigenvalue weighted by Crippen LogP contribution is -2.12. The van der Waals surface area contributed by atoms with Crippen LogP contribution >= 0.6 is 0 Å². The van der Waals surface area contributed by atoms with Gasteiger partial charge in [0.15, 0.2) is 0 Å². The Morgan fingerprint density at radius 1 is 1.17 bits per heavy atom. The zero-order valence-electron chi connectivity index (χ0n) is 10.3. The van der Waals surface area contributed by atoms with Gasteiger partial charge in [-0.15, -0.1) is 0 Å². The average molecular weight is 260 g/mol. The van der Waals surface area contributed by atoms with Crippen LogP contribution in [0.2, 0.25) is 0 Å². The summed E-state index contributed by atoms with van der Waals surface area (Å²) in [6.45, 7) is 3.44. The third-order valence-electron chi connectivity index (χ3n) is 2.85. The molecule has 0 fully saturated rings. The Kier molecular flexibility index (Phi) is 4.38. The lowest BCUT2D eigenvalue weighted by atomic mass is 9.92. The molecule has 1 aromatic rings. The summed E-state index contributed by atoms with van der Waals surface area (Å²) in [4.78, 5) is 10.8. The van der Waals surface area contributed by atoms with E-state index >= 15 is 0 Å². The van der Waals surface area contributed by atoms with Gasteiger partial charge in [0.25, 0.3) is 0 Å². The highest BCUT2D eigenvalue weighted by molar-refractivity contribution is 5.71. The molecule has 0 aliphatic carbocycles. The van der Waals surface area contributed by atoms with Gasteiger partial charge in [-0.05, 0) is 41.7 Å². The molecule has 1 N–H and O–H groups in total. The van der Waals surface area contributed by atoms with Crippen molar-refractivity contribution in [3.05, 3.63) is 34.4 Å². The summed E-state index contributed by atoms with van der Waals surface area (Å²) in [5.74, 6) is -1.03. The third-order valence-corrected chi connectivity index (χ3v) is 2.85. The minimum atomic E-state index is -4.39. The summed E-state index contributed by atoms with van der Waals surface area (Å²) in [5.41, 5.74) is 0.735. The molecular weight excluding hydrogens is 245 g/mol. The van der Waals surface area contributed by atoms with E-state index in [2.05, 4.69) is 0 Å². The fourth-order valence-corrected chi connectivity index (χ4v) is 1.97. The van der Waals surface area contributed by atoms with Crippen LogP contribution in [0.15, 0.2) is 12.1 Å². The van der Waals surface area contributed by atoms with Crippen LogP contribution in [-0.4, -0.2) is 11.1 Å². The normalized spacial score (nSPS) is 11.6. The quantitative estimate of drug-likeness (QED) is 0.900. The van der Waals surface area contributed by atoms with E-state index in [0.29, 0.717) is 29.5 Å². The van der Waals surface area contributed by atoms with Crippen LogP contribution in [0.1, 0.15) is 36.1 Å². The van der Waals surface area contributed by atoms with Crippen LogP contribution in [0.5, 0.6) is 0 Å². The number of rotatable bonds is 4. The first kappa shape index (κ1) is 14.5. The van der Waals surface area contributed by atoms with E-state index in [1.165, 1.54) is 0 Å². The summed E-state index contributed by atoms with van der Waals surface area (Å²) in [5, 5.41) is 8.81. The molecule has 2 nitrogen and oxygen atoms in total. The van der Waals surface area contributed by atoms with E-state index in [0.717, 1.165) is 12.1 Å². The number of alkyl halides is 3. The fraction of sp³-hybridized carbons (Fsp3) is 0.462. The molecule has 0 bridgehead atoms. The number of carboxylic acid groups (broad SMARTS) is 1. The van der Waals surface area contributed by atoms with Crippen molar-refractivity contribution in [3.63, 3.8) is 0 Å². The molecule has 0 aliphatic heterocycles. The van der Waals surface area contributed by atoms with Gasteiger partial charge in [-0.3, -0.25) is 4.79 Å². The molecule has 18 heavy (non-hydrogen) atoms. The first-order valence-corrected chi connectivity index (χ1v) is 5.73. The van der Waals surface area contributed by atoms with Gasteiger partial charge in [-0.1, -0.05) is 13.8 Å². The predicted octanol–water partition coefficient (Wildman–Crippen LogP) is 3.46. The number of carbonyl (C=O) groups is 1. The van der Waals surface area contributed by atoms with Crippen molar-refractivity contribution in [2.75, 3.05) is 0 Å². The van der Waals surface area contributed by atoms with Crippen molar-refractivity contribution in [1.82, 2.24) is 0 Å². The highest BCUT2D eigenvalue weighted by Crippen LogP contribution is 2.33. The number of halogens is 3. The lowest BCUT2D eigenvalue weighted by molar-refractivity contribution is -0.137. The Morgan fingerprint density at radius 2 is 1.61 bits per heavy atom. The third kappa shape index (κ3) is 3.24. The molecule has 0 unspecified atom stereocenters. The maximum atomic E-state index is 12.7. The van der Waals surface area contributed by atoms with E-state index in [9.17, 15) is 18.0 Å². The van der Waals surface area contributed by atoms with Crippen molar-refractivity contribution in [1.29, 1.82) is 0 Å². The SMILES string of the molecule is CCc1cc(C(F)(F)F)cc(CC)c1CC(=O)O. The van der Waals surface area contributed by atoms with Gasteiger partial charge in [-0.25, -0.2) is 0 Å². The highest BCUT2D eigenvalue weighted by Gasteiger charge is 2.31. The summed E-state index contributed by atoms with van der Waals surface area (Å²) < 4.78 is 38.1. The van der Waals surface area contributed by atoms with Crippen LogP contribution in [0.3, 0.4) is 0 Å². The zero-order chi connectivity index (χ0) is 13.9. The monoisotopic (exact) mass is 260 g/mol. The van der Waals surface area contributed by atoms with E-state index in [4.69, 9.17) is 5.11 Å². The minimum Gasteiger partial charge on any atom is -0.481 e. The van der Waals surface area contributed by atoms with Gasteiger partial charge in [-0.2, -0.15) is 13.2 Å². The fourth-order valence-electron chi connectivity index (χ4n) is 1.97. The van der Waals surface area contributed by atoms with Crippen molar-refractivity contribution < 1.29 is 23.1 Å². The molecule has 0 saturated heterocycles. The molecule has 1 aromatic carbocycles. The Balaban J connectivity index is 3.38. The maximum absolute atomic E-state index is 12.7. The first-order valence-electron chi connectivity index (χ1n) is 5.73. The minimum absolute atomic E-state index is 0.232. The number of hydrogen-bond donors (Lipinski definition) is 1. The smallest absolute Gasteiger partial charge is 0.416 e. The number of aryl methyl sites for hydroxylation is 2. The van der Waals surface area contributed by atoms with Crippen LogP contribution in [0.4, 0.5) is 13.2 Å². The number of carboxylic acids is 1. The van der Waals surface area contributed by atoms with Crippen LogP contribution in [0.25, 0.3) is 0 Å². The summed E-state index contributed by atoms with van der Waals surface area (Å²) >= 11 is 0. The molecule has 0 amide bonds. The molecule has 5 heteroatoms. The largest absolute Gasteiger partial charge is 0.481 e.